The molecule has 0 aliphatic carbocycles. The van der Waals surface area contributed by atoms with Crippen molar-refractivity contribution in [2.75, 3.05) is 6.54 Å². The summed E-state index contributed by atoms with van der Waals surface area (Å²) in [6, 6.07) is 10.4. The summed E-state index contributed by atoms with van der Waals surface area (Å²) in [5.74, 6) is 0.121. The van der Waals surface area contributed by atoms with Crippen molar-refractivity contribution in [2.45, 2.75) is 26.2 Å². The zero-order valence-electron chi connectivity index (χ0n) is 11.3. The van der Waals surface area contributed by atoms with Gasteiger partial charge in [0.15, 0.2) is 0 Å². The molecule has 1 aromatic carbocycles. The maximum atomic E-state index is 11.7. The SMILES string of the molecule is Cc1ccc(CCC(=O)NCCc2cc[nH]c2)cc1. The summed E-state index contributed by atoms with van der Waals surface area (Å²) in [7, 11) is 0. The third-order valence-electron chi connectivity index (χ3n) is 3.16. The Labute approximate surface area is 114 Å². The van der Waals surface area contributed by atoms with E-state index >= 15 is 0 Å². The van der Waals surface area contributed by atoms with Crippen molar-refractivity contribution in [3.05, 3.63) is 59.4 Å². The van der Waals surface area contributed by atoms with Gasteiger partial charge in [0.1, 0.15) is 0 Å². The number of aromatic amines is 1. The normalized spacial score (nSPS) is 10.4. The molecule has 2 aromatic rings. The highest BCUT2D eigenvalue weighted by Crippen LogP contribution is 2.05. The fraction of sp³-hybridized carbons (Fsp3) is 0.312. The Balaban J connectivity index is 1.65. The molecular weight excluding hydrogens is 236 g/mol. The smallest absolute Gasteiger partial charge is 0.220 e. The molecule has 1 heterocycles. The lowest BCUT2D eigenvalue weighted by molar-refractivity contribution is -0.121. The van der Waals surface area contributed by atoms with E-state index in [0.717, 1.165) is 12.8 Å². The number of rotatable bonds is 6. The summed E-state index contributed by atoms with van der Waals surface area (Å²) in [5.41, 5.74) is 3.69. The van der Waals surface area contributed by atoms with Crippen LogP contribution in [0.2, 0.25) is 0 Å². The number of hydrogen-bond donors (Lipinski definition) is 2. The van der Waals surface area contributed by atoms with Gasteiger partial charge >= 0.3 is 0 Å². The predicted molar refractivity (Wildman–Crippen MR) is 77.0 cm³/mol. The highest BCUT2D eigenvalue weighted by atomic mass is 16.1. The molecule has 0 saturated heterocycles. The van der Waals surface area contributed by atoms with Crippen LogP contribution in [0.5, 0.6) is 0 Å². The van der Waals surface area contributed by atoms with Crippen LogP contribution in [0.3, 0.4) is 0 Å². The van der Waals surface area contributed by atoms with E-state index in [2.05, 4.69) is 41.5 Å². The van der Waals surface area contributed by atoms with Crippen LogP contribution in [0.15, 0.2) is 42.7 Å². The molecule has 1 aromatic heterocycles. The van der Waals surface area contributed by atoms with Crippen LogP contribution in [0.1, 0.15) is 23.1 Å². The van der Waals surface area contributed by atoms with Crippen molar-refractivity contribution < 1.29 is 4.79 Å². The van der Waals surface area contributed by atoms with Crippen LogP contribution in [-0.4, -0.2) is 17.4 Å². The molecule has 3 heteroatoms. The van der Waals surface area contributed by atoms with Crippen LogP contribution in [0.25, 0.3) is 0 Å². The second kappa shape index (κ2) is 6.78. The summed E-state index contributed by atoms with van der Waals surface area (Å²) in [4.78, 5) is 14.7. The first-order chi connectivity index (χ1) is 9.24. The summed E-state index contributed by atoms with van der Waals surface area (Å²) in [6.45, 7) is 2.77. The van der Waals surface area contributed by atoms with Crippen molar-refractivity contribution >= 4 is 5.91 Å². The average Bonchev–Trinajstić information content (AvgIpc) is 2.91. The molecular formula is C16H20N2O. The molecule has 100 valence electrons. The molecule has 0 saturated carbocycles. The Bertz CT molecular complexity index is 500. The number of amides is 1. The molecule has 0 radical (unpaired) electrons. The van der Waals surface area contributed by atoms with E-state index in [1.165, 1.54) is 16.7 Å². The molecule has 0 fully saturated rings. The van der Waals surface area contributed by atoms with E-state index in [-0.39, 0.29) is 5.91 Å². The predicted octanol–water partition coefficient (Wildman–Crippen LogP) is 2.61. The molecule has 0 spiro atoms. The van der Waals surface area contributed by atoms with Gasteiger partial charge in [0.2, 0.25) is 5.91 Å². The average molecular weight is 256 g/mol. The van der Waals surface area contributed by atoms with Gasteiger partial charge in [-0.3, -0.25) is 4.79 Å². The van der Waals surface area contributed by atoms with Gasteiger partial charge in [0.05, 0.1) is 0 Å². The Morgan fingerprint density at radius 2 is 1.89 bits per heavy atom. The molecule has 2 rings (SSSR count). The second-order valence-corrected chi connectivity index (χ2v) is 4.80. The van der Waals surface area contributed by atoms with Gasteiger partial charge in [-0.25, -0.2) is 0 Å². The highest BCUT2D eigenvalue weighted by molar-refractivity contribution is 5.76. The van der Waals surface area contributed by atoms with Gasteiger partial charge in [-0.05, 0) is 37.0 Å². The molecule has 0 aliphatic rings. The van der Waals surface area contributed by atoms with Crippen molar-refractivity contribution in [1.29, 1.82) is 0 Å². The Morgan fingerprint density at radius 3 is 2.58 bits per heavy atom. The van der Waals surface area contributed by atoms with Gasteiger partial charge in [-0.15, -0.1) is 0 Å². The topological polar surface area (TPSA) is 44.9 Å². The van der Waals surface area contributed by atoms with Crippen molar-refractivity contribution in [1.82, 2.24) is 10.3 Å². The number of aryl methyl sites for hydroxylation is 2. The monoisotopic (exact) mass is 256 g/mol. The lowest BCUT2D eigenvalue weighted by atomic mass is 10.1. The standard InChI is InChI=1S/C16H20N2O/c1-13-2-4-14(5-3-13)6-7-16(19)18-11-9-15-8-10-17-12-15/h2-5,8,10,12,17H,6-7,9,11H2,1H3,(H,18,19). The van der Waals surface area contributed by atoms with Crippen LogP contribution < -0.4 is 5.32 Å². The van der Waals surface area contributed by atoms with Gasteiger partial charge in [-0.2, -0.15) is 0 Å². The number of hydrogen-bond acceptors (Lipinski definition) is 1. The zero-order valence-corrected chi connectivity index (χ0v) is 11.3. The molecule has 0 atom stereocenters. The Hall–Kier alpha value is -2.03. The minimum Gasteiger partial charge on any atom is -0.367 e. The van der Waals surface area contributed by atoms with Crippen molar-refractivity contribution in [3.8, 4) is 0 Å². The number of nitrogens with one attached hydrogen (secondary N) is 2. The van der Waals surface area contributed by atoms with Crippen LogP contribution in [0.4, 0.5) is 0 Å². The second-order valence-electron chi connectivity index (χ2n) is 4.80. The molecule has 0 unspecified atom stereocenters. The molecule has 1 amide bonds. The van der Waals surface area contributed by atoms with E-state index in [0.29, 0.717) is 13.0 Å². The number of carbonyl (C=O) groups excluding carboxylic acids is 1. The minimum atomic E-state index is 0.121. The first-order valence-corrected chi connectivity index (χ1v) is 6.68. The number of carbonyl (C=O) groups is 1. The fourth-order valence-electron chi connectivity index (χ4n) is 1.96. The van der Waals surface area contributed by atoms with Crippen LogP contribution in [-0.2, 0) is 17.6 Å². The maximum Gasteiger partial charge on any atom is 0.220 e. The van der Waals surface area contributed by atoms with E-state index in [1.807, 2.05) is 18.5 Å². The highest BCUT2D eigenvalue weighted by Gasteiger charge is 2.02. The minimum absolute atomic E-state index is 0.121. The summed E-state index contributed by atoms with van der Waals surface area (Å²) in [6.07, 6.45) is 6.08. The fourth-order valence-corrected chi connectivity index (χ4v) is 1.96. The molecule has 3 nitrogen and oxygen atoms in total. The number of aromatic nitrogens is 1. The third kappa shape index (κ3) is 4.62. The maximum absolute atomic E-state index is 11.7. The van der Waals surface area contributed by atoms with Gasteiger partial charge in [0.25, 0.3) is 0 Å². The number of benzene rings is 1. The Kier molecular flexibility index (Phi) is 4.78. The first kappa shape index (κ1) is 13.4. The molecule has 19 heavy (non-hydrogen) atoms. The van der Waals surface area contributed by atoms with Gasteiger partial charge in [0, 0.05) is 25.4 Å². The number of H-pyrrole nitrogens is 1. The van der Waals surface area contributed by atoms with Gasteiger partial charge in [-0.1, -0.05) is 29.8 Å². The molecule has 2 N–H and O–H groups in total. The lowest BCUT2D eigenvalue weighted by Crippen LogP contribution is -2.25. The quantitative estimate of drug-likeness (QED) is 0.820. The Morgan fingerprint density at radius 1 is 1.11 bits per heavy atom. The van der Waals surface area contributed by atoms with Crippen LogP contribution in [0, 0.1) is 6.92 Å². The zero-order chi connectivity index (χ0) is 13.5. The lowest BCUT2D eigenvalue weighted by Gasteiger charge is -2.05. The van der Waals surface area contributed by atoms with Crippen molar-refractivity contribution in [3.63, 3.8) is 0 Å². The third-order valence-corrected chi connectivity index (χ3v) is 3.16. The summed E-state index contributed by atoms with van der Waals surface area (Å²) >= 11 is 0. The van der Waals surface area contributed by atoms with Crippen molar-refractivity contribution in [2.24, 2.45) is 0 Å². The van der Waals surface area contributed by atoms with Crippen LogP contribution >= 0.6 is 0 Å². The van der Waals surface area contributed by atoms with E-state index in [9.17, 15) is 4.79 Å². The van der Waals surface area contributed by atoms with E-state index in [4.69, 9.17) is 0 Å². The molecule has 0 bridgehead atoms. The summed E-state index contributed by atoms with van der Waals surface area (Å²) < 4.78 is 0. The van der Waals surface area contributed by atoms with E-state index in [1.54, 1.807) is 0 Å². The first-order valence-electron chi connectivity index (χ1n) is 6.68. The van der Waals surface area contributed by atoms with E-state index < -0.39 is 0 Å². The summed E-state index contributed by atoms with van der Waals surface area (Å²) in [5, 5.41) is 2.95. The largest absolute Gasteiger partial charge is 0.367 e. The molecule has 0 aliphatic heterocycles. The van der Waals surface area contributed by atoms with Gasteiger partial charge < -0.3 is 10.3 Å².